The first-order valence-electron chi connectivity index (χ1n) is 5.52. The van der Waals surface area contributed by atoms with Gasteiger partial charge in [0.05, 0.1) is 7.11 Å². The van der Waals surface area contributed by atoms with E-state index in [0.717, 1.165) is 25.1 Å². The van der Waals surface area contributed by atoms with E-state index in [9.17, 15) is 4.39 Å². The summed E-state index contributed by atoms with van der Waals surface area (Å²) in [4.78, 5) is 0. The summed E-state index contributed by atoms with van der Waals surface area (Å²) in [5.74, 6) is 0.564. The maximum absolute atomic E-state index is 13.3. The molecule has 0 aliphatic heterocycles. The van der Waals surface area contributed by atoms with Crippen molar-refractivity contribution in [2.45, 2.75) is 18.9 Å². The highest BCUT2D eigenvalue weighted by Crippen LogP contribution is 2.26. The number of methoxy groups -OCH3 is 1. The molecule has 0 unspecified atom stereocenters. The lowest BCUT2D eigenvalue weighted by molar-refractivity contribution is 0.280. The molecule has 88 valence electrons. The summed E-state index contributed by atoms with van der Waals surface area (Å²) in [5, 5.41) is 3.21. The van der Waals surface area contributed by atoms with Crippen LogP contribution in [0.2, 0.25) is 0 Å². The SMILES string of the molecule is COc1ccc(NCC2CC(N)C2)cc1F. The fourth-order valence-corrected chi connectivity index (χ4v) is 1.99. The van der Waals surface area contributed by atoms with Gasteiger partial charge in [0, 0.05) is 24.3 Å². The van der Waals surface area contributed by atoms with Crippen LogP contribution in [0.4, 0.5) is 10.1 Å². The lowest BCUT2D eigenvalue weighted by atomic mass is 9.81. The Morgan fingerprint density at radius 2 is 2.25 bits per heavy atom. The molecule has 1 aliphatic carbocycles. The van der Waals surface area contributed by atoms with Gasteiger partial charge in [-0.25, -0.2) is 4.39 Å². The third-order valence-corrected chi connectivity index (χ3v) is 3.02. The van der Waals surface area contributed by atoms with Crippen LogP contribution < -0.4 is 15.8 Å². The van der Waals surface area contributed by atoms with Crippen molar-refractivity contribution in [2.75, 3.05) is 19.0 Å². The molecule has 0 heterocycles. The van der Waals surface area contributed by atoms with Gasteiger partial charge in [0.1, 0.15) is 0 Å². The van der Waals surface area contributed by atoms with E-state index in [1.54, 1.807) is 6.07 Å². The molecule has 0 radical (unpaired) electrons. The predicted molar refractivity (Wildman–Crippen MR) is 62.1 cm³/mol. The number of nitrogens with two attached hydrogens (primary N) is 1. The summed E-state index contributed by atoms with van der Waals surface area (Å²) in [6.45, 7) is 0.861. The van der Waals surface area contributed by atoms with Gasteiger partial charge in [0.25, 0.3) is 0 Å². The van der Waals surface area contributed by atoms with Crippen LogP contribution in [0.1, 0.15) is 12.8 Å². The zero-order valence-electron chi connectivity index (χ0n) is 9.37. The first-order chi connectivity index (χ1) is 7.69. The van der Waals surface area contributed by atoms with Crippen LogP contribution in [-0.2, 0) is 0 Å². The Kier molecular flexibility index (Phi) is 3.29. The molecule has 0 aromatic heterocycles. The van der Waals surface area contributed by atoms with Crippen LogP contribution >= 0.6 is 0 Å². The average molecular weight is 224 g/mol. The molecule has 0 amide bonds. The van der Waals surface area contributed by atoms with E-state index in [1.165, 1.54) is 13.2 Å². The summed E-state index contributed by atoms with van der Waals surface area (Å²) in [6, 6.07) is 5.27. The highest BCUT2D eigenvalue weighted by molar-refractivity contribution is 5.47. The summed E-state index contributed by atoms with van der Waals surface area (Å²) in [5.41, 5.74) is 6.49. The number of benzene rings is 1. The number of hydrogen-bond acceptors (Lipinski definition) is 3. The number of anilines is 1. The smallest absolute Gasteiger partial charge is 0.167 e. The number of hydrogen-bond donors (Lipinski definition) is 2. The van der Waals surface area contributed by atoms with Gasteiger partial charge >= 0.3 is 0 Å². The normalized spacial score (nSPS) is 23.7. The van der Waals surface area contributed by atoms with E-state index in [2.05, 4.69) is 5.32 Å². The minimum atomic E-state index is -0.335. The molecule has 3 N–H and O–H groups in total. The maximum atomic E-state index is 13.3. The summed E-state index contributed by atoms with van der Waals surface area (Å²) in [7, 11) is 1.46. The highest BCUT2D eigenvalue weighted by atomic mass is 19.1. The average Bonchev–Trinajstić information content (AvgIpc) is 2.23. The molecule has 1 aromatic rings. The van der Waals surface area contributed by atoms with Gasteiger partial charge in [-0.1, -0.05) is 0 Å². The molecular weight excluding hydrogens is 207 g/mol. The zero-order valence-corrected chi connectivity index (χ0v) is 9.37. The molecule has 0 bridgehead atoms. The zero-order chi connectivity index (χ0) is 11.5. The van der Waals surface area contributed by atoms with Crippen LogP contribution in [0, 0.1) is 11.7 Å². The van der Waals surface area contributed by atoms with Crippen LogP contribution in [-0.4, -0.2) is 19.7 Å². The minimum Gasteiger partial charge on any atom is -0.494 e. The maximum Gasteiger partial charge on any atom is 0.167 e. The molecule has 1 aromatic carbocycles. The monoisotopic (exact) mass is 224 g/mol. The van der Waals surface area contributed by atoms with Gasteiger partial charge in [-0.15, -0.1) is 0 Å². The Labute approximate surface area is 94.8 Å². The molecule has 0 spiro atoms. The van der Waals surface area contributed by atoms with Gasteiger partial charge in [-0.2, -0.15) is 0 Å². The van der Waals surface area contributed by atoms with Gasteiger partial charge in [-0.05, 0) is 30.9 Å². The van der Waals surface area contributed by atoms with Crippen molar-refractivity contribution < 1.29 is 9.13 Å². The molecule has 0 atom stereocenters. The van der Waals surface area contributed by atoms with E-state index < -0.39 is 0 Å². The van der Waals surface area contributed by atoms with Crippen molar-refractivity contribution in [1.29, 1.82) is 0 Å². The first-order valence-corrected chi connectivity index (χ1v) is 5.52. The van der Waals surface area contributed by atoms with E-state index in [1.807, 2.05) is 6.07 Å². The van der Waals surface area contributed by atoms with E-state index in [4.69, 9.17) is 10.5 Å². The number of halogens is 1. The summed E-state index contributed by atoms with van der Waals surface area (Å²) >= 11 is 0. The molecular formula is C12H17FN2O. The second-order valence-corrected chi connectivity index (χ2v) is 4.33. The largest absolute Gasteiger partial charge is 0.494 e. The van der Waals surface area contributed by atoms with Gasteiger partial charge < -0.3 is 15.8 Å². The second-order valence-electron chi connectivity index (χ2n) is 4.33. The van der Waals surface area contributed by atoms with Crippen molar-refractivity contribution >= 4 is 5.69 Å². The Balaban J connectivity index is 1.87. The third kappa shape index (κ3) is 2.44. The topological polar surface area (TPSA) is 47.3 Å². The molecule has 0 saturated heterocycles. The molecule has 16 heavy (non-hydrogen) atoms. The molecule has 1 aliphatic rings. The summed E-state index contributed by atoms with van der Waals surface area (Å²) in [6.07, 6.45) is 2.12. The fourth-order valence-electron chi connectivity index (χ4n) is 1.99. The van der Waals surface area contributed by atoms with E-state index in [0.29, 0.717) is 12.0 Å². The highest BCUT2D eigenvalue weighted by Gasteiger charge is 2.25. The lowest BCUT2D eigenvalue weighted by Gasteiger charge is -2.32. The second kappa shape index (κ2) is 4.70. The van der Waals surface area contributed by atoms with Crippen LogP contribution in [0.15, 0.2) is 18.2 Å². The van der Waals surface area contributed by atoms with E-state index >= 15 is 0 Å². The number of ether oxygens (including phenoxy) is 1. The number of nitrogens with one attached hydrogen (secondary N) is 1. The van der Waals surface area contributed by atoms with Gasteiger partial charge in [0.15, 0.2) is 11.6 Å². The van der Waals surface area contributed by atoms with Crippen molar-refractivity contribution in [1.82, 2.24) is 0 Å². The Morgan fingerprint density at radius 3 is 2.81 bits per heavy atom. The van der Waals surface area contributed by atoms with Crippen molar-refractivity contribution in [2.24, 2.45) is 11.7 Å². The quantitative estimate of drug-likeness (QED) is 0.822. The predicted octanol–water partition coefficient (Wildman–Crippen LogP) is 1.98. The van der Waals surface area contributed by atoms with Gasteiger partial charge in [-0.3, -0.25) is 0 Å². The Morgan fingerprint density at radius 1 is 1.50 bits per heavy atom. The molecule has 4 heteroatoms. The van der Waals surface area contributed by atoms with Gasteiger partial charge in [0.2, 0.25) is 0 Å². The lowest BCUT2D eigenvalue weighted by Crippen LogP contribution is -2.39. The Hall–Kier alpha value is -1.29. The molecule has 1 fully saturated rings. The first kappa shape index (κ1) is 11.2. The molecule has 3 nitrogen and oxygen atoms in total. The third-order valence-electron chi connectivity index (χ3n) is 3.02. The van der Waals surface area contributed by atoms with E-state index in [-0.39, 0.29) is 11.6 Å². The van der Waals surface area contributed by atoms with Crippen molar-refractivity contribution in [3.63, 3.8) is 0 Å². The van der Waals surface area contributed by atoms with Crippen LogP contribution in [0.25, 0.3) is 0 Å². The van der Waals surface area contributed by atoms with Crippen LogP contribution in [0.3, 0.4) is 0 Å². The standard InChI is InChI=1S/C12H17FN2O/c1-16-12-3-2-10(6-11(12)13)15-7-8-4-9(14)5-8/h2-3,6,8-9,15H,4-5,7,14H2,1H3. The molecule has 2 rings (SSSR count). The molecule has 1 saturated carbocycles. The summed E-state index contributed by atoms with van der Waals surface area (Å²) < 4.78 is 18.2. The fraction of sp³-hybridized carbons (Fsp3) is 0.500. The van der Waals surface area contributed by atoms with Crippen LogP contribution in [0.5, 0.6) is 5.75 Å². The van der Waals surface area contributed by atoms with Crippen molar-refractivity contribution in [3.8, 4) is 5.75 Å². The van der Waals surface area contributed by atoms with Crippen molar-refractivity contribution in [3.05, 3.63) is 24.0 Å². The Bertz CT molecular complexity index is 364. The number of rotatable bonds is 4. The minimum absolute atomic E-state index is 0.274.